The SMILES string of the molecule is Cc1c(-c2cc(N)ccc2Oc2cccc(COC3CCN(C(=O)OC(C)(C)C)CC3)c2)cn(C)c(=O)c1N. The summed E-state index contributed by atoms with van der Waals surface area (Å²) in [7, 11) is 1.67. The van der Waals surface area contributed by atoms with E-state index in [0.717, 1.165) is 29.5 Å². The Morgan fingerprint density at radius 3 is 2.46 bits per heavy atom. The number of nitrogens with two attached hydrogens (primary N) is 2. The first kappa shape index (κ1) is 28.0. The summed E-state index contributed by atoms with van der Waals surface area (Å²) in [6, 6.07) is 13.1. The van der Waals surface area contributed by atoms with Crippen LogP contribution in [-0.4, -0.2) is 40.4 Å². The van der Waals surface area contributed by atoms with Gasteiger partial charge >= 0.3 is 6.09 Å². The third-order valence-corrected chi connectivity index (χ3v) is 6.68. The molecule has 0 bridgehead atoms. The molecule has 4 N–H and O–H groups in total. The number of hydrogen-bond donors (Lipinski definition) is 2. The van der Waals surface area contributed by atoms with Crippen molar-refractivity contribution in [1.29, 1.82) is 0 Å². The van der Waals surface area contributed by atoms with Crippen molar-refractivity contribution in [2.75, 3.05) is 24.6 Å². The first-order valence-corrected chi connectivity index (χ1v) is 13.1. The Bertz CT molecular complexity index is 1400. The van der Waals surface area contributed by atoms with Crippen LogP contribution in [0.25, 0.3) is 11.1 Å². The number of ether oxygens (including phenoxy) is 3. The van der Waals surface area contributed by atoms with Gasteiger partial charge in [0, 0.05) is 43.1 Å². The number of piperidine rings is 1. The minimum Gasteiger partial charge on any atom is -0.457 e. The summed E-state index contributed by atoms with van der Waals surface area (Å²) in [6.45, 7) is 9.07. The van der Waals surface area contributed by atoms with Crippen LogP contribution in [0.15, 0.2) is 53.5 Å². The maximum atomic E-state index is 12.3. The summed E-state index contributed by atoms with van der Waals surface area (Å²) >= 11 is 0. The van der Waals surface area contributed by atoms with Gasteiger partial charge in [0.05, 0.1) is 12.7 Å². The van der Waals surface area contributed by atoms with Crippen molar-refractivity contribution in [3.8, 4) is 22.6 Å². The summed E-state index contributed by atoms with van der Waals surface area (Å²) in [5.74, 6) is 1.25. The zero-order valence-corrected chi connectivity index (χ0v) is 23.3. The number of pyridine rings is 1. The van der Waals surface area contributed by atoms with Crippen molar-refractivity contribution in [1.82, 2.24) is 9.47 Å². The number of carbonyl (C=O) groups is 1. The average Bonchev–Trinajstić information content (AvgIpc) is 2.89. The molecule has 1 saturated heterocycles. The highest BCUT2D eigenvalue weighted by Gasteiger charge is 2.27. The third-order valence-electron chi connectivity index (χ3n) is 6.68. The molecule has 9 heteroatoms. The fraction of sp³-hybridized carbons (Fsp3) is 0.400. The van der Waals surface area contributed by atoms with Gasteiger partial charge in [0.15, 0.2) is 0 Å². The van der Waals surface area contributed by atoms with Gasteiger partial charge in [0.2, 0.25) is 0 Å². The molecule has 0 atom stereocenters. The van der Waals surface area contributed by atoms with Crippen LogP contribution < -0.4 is 21.8 Å². The van der Waals surface area contributed by atoms with Crippen LogP contribution >= 0.6 is 0 Å². The number of carbonyl (C=O) groups excluding carboxylic acids is 1. The third kappa shape index (κ3) is 6.92. The van der Waals surface area contributed by atoms with Gasteiger partial charge in [0.25, 0.3) is 5.56 Å². The van der Waals surface area contributed by atoms with Crippen LogP contribution in [0, 0.1) is 6.92 Å². The van der Waals surface area contributed by atoms with Crippen LogP contribution in [0.1, 0.15) is 44.7 Å². The second-order valence-corrected chi connectivity index (χ2v) is 11.0. The first-order valence-electron chi connectivity index (χ1n) is 13.1. The fourth-order valence-corrected chi connectivity index (χ4v) is 4.53. The van der Waals surface area contributed by atoms with E-state index in [2.05, 4.69) is 0 Å². The number of hydrogen-bond acceptors (Lipinski definition) is 7. The second kappa shape index (κ2) is 11.4. The molecular formula is C30H38N4O5. The Morgan fingerprint density at radius 2 is 1.77 bits per heavy atom. The van der Waals surface area contributed by atoms with Crippen LogP contribution in [0.3, 0.4) is 0 Å². The second-order valence-electron chi connectivity index (χ2n) is 11.0. The Kier molecular flexibility index (Phi) is 8.20. The molecule has 0 spiro atoms. The molecule has 4 rings (SSSR count). The molecule has 0 unspecified atom stereocenters. The number of anilines is 2. The smallest absolute Gasteiger partial charge is 0.410 e. The lowest BCUT2D eigenvalue weighted by Gasteiger charge is -2.33. The number of aromatic nitrogens is 1. The predicted octanol–water partition coefficient (Wildman–Crippen LogP) is 5.23. The lowest BCUT2D eigenvalue weighted by Crippen LogP contribution is -2.43. The van der Waals surface area contributed by atoms with Gasteiger partial charge in [0.1, 0.15) is 22.8 Å². The van der Waals surface area contributed by atoms with Crippen LogP contribution in [0.2, 0.25) is 0 Å². The number of likely N-dealkylation sites (tertiary alicyclic amines) is 1. The maximum Gasteiger partial charge on any atom is 0.410 e. The molecule has 1 aliphatic rings. The normalized spacial score (nSPS) is 14.3. The number of aryl methyl sites for hydroxylation is 1. The van der Waals surface area contributed by atoms with Gasteiger partial charge in [-0.1, -0.05) is 12.1 Å². The number of rotatable bonds is 6. The monoisotopic (exact) mass is 534 g/mol. The van der Waals surface area contributed by atoms with Gasteiger partial charge < -0.3 is 35.1 Å². The topological polar surface area (TPSA) is 122 Å². The Morgan fingerprint density at radius 1 is 1.05 bits per heavy atom. The van der Waals surface area contributed by atoms with Crippen LogP contribution in [-0.2, 0) is 23.1 Å². The highest BCUT2D eigenvalue weighted by atomic mass is 16.6. The first-order chi connectivity index (χ1) is 18.4. The van der Waals surface area contributed by atoms with Gasteiger partial charge in [-0.05, 0) is 82.0 Å². The van der Waals surface area contributed by atoms with Crippen molar-refractivity contribution in [3.63, 3.8) is 0 Å². The van der Waals surface area contributed by atoms with Gasteiger partial charge in [-0.3, -0.25) is 4.79 Å². The van der Waals surface area contributed by atoms with Gasteiger partial charge in [-0.25, -0.2) is 4.79 Å². The molecule has 0 aliphatic carbocycles. The molecule has 208 valence electrons. The van der Waals surface area contributed by atoms with Crippen molar-refractivity contribution in [3.05, 3.63) is 70.1 Å². The highest BCUT2D eigenvalue weighted by Crippen LogP contribution is 2.37. The summed E-state index contributed by atoms with van der Waals surface area (Å²) < 4.78 is 19.4. The lowest BCUT2D eigenvalue weighted by molar-refractivity contribution is -0.0170. The molecule has 9 nitrogen and oxygen atoms in total. The molecule has 2 aromatic carbocycles. The van der Waals surface area contributed by atoms with E-state index in [4.69, 9.17) is 25.7 Å². The number of nitrogens with zero attached hydrogens (tertiary/aromatic N) is 2. The molecule has 0 saturated carbocycles. The Hall–Kier alpha value is -3.98. The van der Waals surface area contributed by atoms with E-state index >= 15 is 0 Å². The molecule has 1 amide bonds. The zero-order valence-electron chi connectivity index (χ0n) is 23.3. The van der Waals surface area contributed by atoms with E-state index in [0.29, 0.717) is 42.4 Å². The summed E-state index contributed by atoms with van der Waals surface area (Å²) in [6.07, 6.45) is 3.05. The molecule has 0 radical (unpaired) electrons. The quantitative estimate of drug-likeness (QED) is 0.415. The van der Waals surface area contributed by atoms with Crippen molar-refractivity contribution in [2.45, 2.75) is 58.8 Å². The Labute approximate surface area is 229 Å². The van der Waals surface area contributed by atoms with Crippen LogP contribution in [0.4, 0.5) is 16.2 Å². The molecular weight excluding hydrogens is 496 g/mol. The standard InChI is InChI=1S/C30H38N4O5/c1-19-25(17-33(5)28(35)27(19)32)24-16-21(31)9-10-26(24)38-23-8-6-7-20(15-23)18-37-22-11-13-34(14-12-22)29(36)39-30(2,3)4/h6-10,15-17,22H,11-14,18,31-32H2,1-5H3. The predicted molar refractivity (Wildman–Crippen MR) is 153 cm³/mol. The Balaban J connectivity index is 1.43. The summed E-state index contributed by atoms with van der Waals surface area (Å²) in [5.41, 5.74) is 15.4. The van der Waals surface area contributed by atoms with E-state index < -0.39 is 5.60 Å². The maximum absolute atomic E-state index is 12.3. The van der Waals surface area contributed by atoms with Crippen molar-refractivity contribution in [2.24, 2.45) is 7.05 Å². The number of nitrogen functional groups attached to an aromatic ring is 2. The molecule has 1 aliphatic heterocycles. The number of benzene rings is 2. The average molecular weight is 535 g/mol. The fourth-order valence-electron chi connectivity index (χ4n) is 4.53. The molecule has 1 fully saturated rings. The zero-order chi connectivity index (χ0) is 28.3. The van der Waals surface area contributed by atoms with E-state index in [9.17, 15) is 9.59 Å². The minimum absolute atomic E-state index is 0.0649. The largest absolute Gasteiger partial charge is 0.457 e. The molecule has 2 heterocycles. The molecule has 39 heavy (non-hydrogen) atoms. The lowest BCUT2D eigenvalue weighted by atomic mass is 10.00. The van der Waals surface area contributed by atoms with Crippen molar-refractivity contribution < 1.29 is 19.0 Å². The van der Waals surface area contributed by atoms with E-state index in [-0.39, 0.29) is 23.4 Å². The van der Waals surface area contributed by atoms with Crippen molar-refractivity contribution >= 4 is 17.5 Å². The number of amides is 1. The van der Waals surface area contributed by atoms with E-state index in [1.807, 2.05) is 64.1 Å². The molecule has 3 aromatic rings. The van der Waals surface area contributed by atoms with E-state index in [1.54, 1.807) is 24.2 Å². The van der Waals surface area contributed by atoms with Gasteiger partial charge in [-0.2, -0.15) is 0 Å². The van der Waals surface area contributed by atoms with Gasteiger partial charge in [-0.15, -0.1) is 0 Å². The van der Waals surface area contributed by atoms with E-state index in [1.165, 1.54) is 4.57 Å². The van der Waals surface area contributed by atoms with Crippen LogP contribution in [0.5, 0.6) is 11.5 Å². The highest BCUT2D eigenvalue weighted by molar-refractivity contribution is 5.79. The summed E-state index contributed by atoms with van der Waals surface area (Å²) in [5, 5.41) is 0. The minimum atomic E-state index is -0.504. The molecule has 1 aromatic heterocycles. The summed E-state index contributed by atoms with van der Waals surface area (Å²) in [4.78, 5) is 26.3.